The fourth-order valence-corrected chi connectivity index (χ4v) is 13.5. The molecule has 12 rings (SSSR count). The summed E-state index contributed by atoms with van der Waals surface area (Å²) in [7, 11) is -7.06. The maximum absolute atomic E-state index is 12.2. The average Bonchev–Trinajstić information content (AvgIpc) is 0.835. The minimum atomic E-state index is -3.56. The molecule has 26 heteroatoms. The van der Waals surface area contributed by atoms with Crippen molar-refractivity contribution in [3.63, 3.8) is 0 Å². The van der Waals surface area contributed by atoms with Crippen LogP contribution in [0, 0.1) is 0 Å². The van der Waals surface area contributed by atoms with Crippen molar-refractivity contribution in [2.24, 2.45) is 5.14 Å². The van der Waals surface area contributed by atoms with Gasteiger partial charge in [0.05, 0.1) is 22.1 Å². The largest absolute Gasteiger partial charge is 0.486 e. The molecule has 674 valence electrons. The number of carbonyl (C=O) groups is 7. The van der Waals surface area contributed by atoms with Gasteiger partial charge in [-0.2, -0.15) is 0 Å². The molecule has 0 aliphatic carbocycles. The van der Waals surface area contributed by atoms with Crippen LogP contribution in [0.5, 0.6) is 11.5 Å². The maximum atomic E-state index is 12.2. The highest BCUT2D eigenvalue weighted by Crippen LogP contribution is 2.33. The molecular formula is C100H128N10O14S2. The van der Waals surface area contributed by atoms with Gasteiger partial charge in [0.1, 0.15) is 18.1 Å². The molecule has 10 aromatic carbocycles. The van der Waals surface area contributed by atoms with E-state index in [1.807, 2.05) is 178 Å². The Kier molecular flexibility index (Phi) is 43.0. The smallest absolute Gasteiger partial charge is 0.411 e. The molecule has 2 heterocycles. The second-order valence-electron chi connectivity index (χ2n) is 32.2. The number of hydrogen-bond donors (Lipinski definition) is 10. The van der Waals surface area contributed by atoms with E-state index in [0.29, 0.717) is 84.0 Å². The summed E-state index contributed by atoms with van der Waals surface area (Å²) in [4.78, 5) is 79.0. The Balaban J connectivity index is 0.000000256. The third-order valence-electron chi connectivity index (χ3n) is 18.9. The third kappa shape index (κ3) is 38.2. The lowest BCUT2D eigenvalue weighted by molar-refractivity contribution is -0.121. The fourth-order valence-electron chi connectivity index (χ4n) is 11.8. The monoisotopic (exact) mass is 1760 g/mol. The number of nitrogens with two attached hydrogens (primary N) is 1. The predicted octanol–water partition coefficient (Wildman–Crippen LogP) is 23.0. The van der Waals surface area contributed by atoms with E-state index in [2.05, 4.69) is 162 Å². The molecule has 0 unspecified atom stereocenters. The molecule has 0 bridgehead atoms. The topological polar surface area (TPSA) is 350 Å². The van der Waals surface area contributed by atoms with Gasteiger partial charge < -0.3 is 51.4 Å². The van der Waals surface area contributed by atoms with Gasteiger partial charge in [0.2, 0.25) is 21.8 Å². The molecule has 0 saturated carbocycles. The minimum absolute atomic E-state index is 0.0848. The number of amides is 8. The van der Waals surface area contributed by atoms with Crippen LogP contribution in [-0.2, 0) is 50.4 Å². The summed E-state index contributed by atoms with van der Waals surface area (Å²) in [6.45, 7) is 41.5. The number of nitrogens with one attached hydrogen (secondary N) is 9. The Morgan fingerprint density at radius 1 is 0.381 bits per heavy atom. The molecular weight excluding hydrogens is 1630 g/mol. The van der Waals surface area contributed by atoms with Crippen LogP contribution in [0.3, 0.4) is 0 Å². The van der Waals surface area contributed by atoms with Gasteiger partial charge >= 0.3 is 18.2 Å². The van der Waals surface area contributed by atoms with Crippen molar-refractivity contribution in [1.29, 1.82) is 0 Å². The Morgan fingerprint density at radius 3 is 1.22 bits per heavy atom. The van der Waals surface area contributed by atoms with Crippen molar-refractivity contribution < 1.29 is 64.6 Å². The number of para-hydroxylation sites is 1. The van der Waals surface area contributed by atoms with Crippen molar-refractivity contribution in [3.8, 4) is 11.5 Å². The number of Topliss-reactive ketones (excluding diaryl/α,β-unsaturated/α-hetero) is 1. The van der Waals surface area contributed by atoms with Gasteiger partial charge in [-0.3, -0.25) is 29.2 Å². The standard InChI is InChI=1S/C16H18N2O.C15H17NO2S.C13H18N2O2.C12H18N2O.C12H17NO2.C12H14O2.C11H13NO2.C9H13NO2S/c1-12(2)13-7-6-10-15(11-13)18-16(19)17-14-8-4-3-5-9-14;1-12(2)13-7-6-8-14(11-13)16-19(17,18)15-9-4-3-5-10-15;1-8(2)11-5-12(14-9(3)16)7-13(6-11)15-10(4)17;1-4-13-12(15)14-11-7-5-6-10(8-11)9(2)3;1-4-15-12(14)13-11-7-5-6-10(8-11)9(2)3;1-8(2)9-3-4-10-5-11(13)7-14-12(10)6-9;1-7(2)8-3-4-10-9(5-8)12-11(13)6-14-10;1-7(2)8-4-3-5-9(6-8)13(10,11)12/h3-12H,1-2H3,(H2,17,18,19);3-12,16H,1-2H3;5-8H,1-4H3,(H,14,16)(H,15,17);5-9H,4H2,1-3H3,(H2,13,14,15);5-9H,4H2,1-3H3,(H,13,14);3-4,6,8H,5,7H2,1-2H3;3-5,7H,6H2,1-2H3,(H,12,13);3-7H,1-2H3,(H2,10,11,12). The Morgan fingerprint density at radius 2 is 0.762 bits per heavy atom. The molecule has 2 aliphatic rings. The summed E-state index contributed by atoms with van der Waals surface area (Å²) < 4.78 is 64.3. The van der Waals surface area contributed by atoms with Gasteiger partial charge in [0, 0.05) is 72.2 Å². The number of urea groups is 2. The Bertz CT molecular complexity index is 5330. The fraction of sp³-hybridized carbons (Fsp3) is 0.330. The van der Waals surface area contributed by atoms with Crippen molar-refractivity contribution >= 4 is 107 Å². The van der Waals surface area contributed by atoms with E-state index in [1.165, 1.54) is 47.7 Å². The molecule has 2 aliphatic heterocycles. The van der Waals surface area contributed by atoms with E-state index in [-0.39, 0.29) is 58.6 Å². The zero-order valence-electron chi connectivity index (χ0n) is 76.3. The molecule has 0 saturated heterocycles. The van der Waals surface area contributed by atoms with Crippen molar-refractivity contribution in [2.45, 2.75) is 202 Å². The molecule has 0 spiro atoms. The van der Waals surface area contributed by atoms with E-state index in [9.17, 15) is 50.4 Å². The molecule has 0 atom stereocenters. The first kappa shape index (κ1) is 104. The van der Waals surface area contributed by atoms with E-state index >= 15 is 0 Å². The number of rotatable bonds is 20. The number of sulfonamides is 2. The van der Waals surface area contributed by atoms with Crippen LogP contribution < -0.4 is 61.9 Å². The summed E-state index contributed by atoms with van der Waals surface area (Å²) in [6, 6.07) is 72.7. The van der Waals surface area contributed by atoms with Gasteiger partial charge in [-0.15, -0.1) is 0 Å². The first-order valence-electron chi connectivity index (χ1n) is 42.3. The summed E-state index contributed by atoms with van der Waals surface area (Å²) in [5, 5.41) is 27.0. The zero-order chi connectivity index (χ0) is 93.4. The minimum Gasteiger partial charge on any atom is -0.486 e. The molecule has 10 aromatic rings. The van der Waals surface area contributed by atoms with Crippen molar-refractivity contribution in [3.05, 3.63) is 287 Å². The number of fused-ring (bicyclic) bond motifs is 2. The summed E-state index contributed by atoms with van der Waals surface area (Å²) >= 11 is 0. The quantitative estimate of drug-likeness (QED) is 0.0339. The number of carbonyl (C=O) groups excluding carboxylic acids is 7. The number of anilines is 8. The summed E-state index contributed by atoms with van der Waals surface area (Å²) in [5.41, 5.74) is 16.2. The Labute approximate surface area is 746 Å². The van der Waals surface area contributed by atoms with E-state index in [0.717, 1.165) is 62.2 Å². The van der Waals surface area contributed by atoms with Crippen molar-refractivity contribution in [1.82, 2.24) is 5.32 Å². The normalized spacial score (nSPS) is 11.6. The summed E-state index contributed by atoms with van der Waals surface area (Å²) in [6.07, 6.45) is 0.117. The molecule has 11 N–H and O–H groups in total. The lowest BCUT2D eigenvalue weighted by atomic mass is 9.98. The predicted molar refractivity (Wildman–Crippen MR) is 512 cm³/mol. The van der Waals surface area contributed by atoms with Crippen LogP contribution in [0.4, 0.5) is 59.9 Å². The highest BCUT2D eigenvalue weighted by molar-refractivity contribution is 7.92. The van der Waals surface area contributed by atoms with Crippen LogP contribution >= 0.6 is 0 Å². The van der Waals surface area contributed by atoms with E-state index < -0.39 is 26.1 Å². The SMILES string of the molecule is CC(=O)Nc1cc(NC(C)=O)cc(C(C)C)c1.CC(C)c1ccc2c(c1)NC(=O)CO2.CC(C)c1ccc2c(c1)OCC(=O)C2.CC(C)c1cccc(NC(=O)Nc2ccccc2)c1.CC(C)c1cccc(NS(=O)(=O)c2ccccc2)c1.CC(C)c1cccc(S(N)(=O)=O)c1.CCNC(=O)Nc1cccc(C(C)C)c1.CCOC(=O)Nc1cccc(C(C)C)c1. The van der Waals surface area contributed by atoms with E-state index in [1.54, 1.807) is 61.5 Å². The van der Waals surface area contributed by atoms with Crippen LogP contribution in [0.1, 0.15) is 236 Å². The Hall–Kier alpha value is -12.7. The first-order valence-corrected chi connectivity index (χ1v) is 45.3. The molecule has 126 heavy (non-hydrogen) atoms. The summed E-state index contributed by atoms with van der Waals surface area (Å²) in [5.74, 6) is 4.80. The van der Waals surface area contributed by atoms with Gasteiger partial charge in [0.25, 0.3) is 15.9 Å². The average molecular weight is 1760 g/mol. The second kappa shape index (κ2) is 52.2. The van der Waals surface area contributed by atoms with Crippen LogP contribution in [0.2, 0.25) is 0 Å². The van der Waals surface area contributed by atoms with Crippen LogP contribution in [-0.4, -0.2) is 84.9 Å². The first-order chi connectivity index (χ1) is 59.5. The highest BCUT2D eigenvalue weighted by atomic mass is 32.2. The van der Waals surface area contributed by atoms with Gasteiger partial charge in [-0.1, -0.05) is 226 Å². The van der Waals surface area contributed by atoms with Crippen LogP contribution in [0.25, 0.3) is 0 Å². The molecule has 0 fully saturated rings. The second-order valence-corrected chi connectivity index (χ2v) is 35.5. The lowest BCUT2D eigenvalue weighted by Crippen LogP contribution is -2.28. The molecule has 24 nitrogen and oxygen atoms in total. The van der Waals surface area contributed by atoms with Crippen molar-refractivity contribution in [2.75, 3.05) is 68.3 Å². The number of hydrogen-bond acceptors (Lipinski definition) is 14. The molecule has 0 aromatic heterocycles. The van der Waals surface area contributed by atoms with Gasteiger partial charge in [0.15, 0.2) is 12.4 Å². The number of benzene rings is 10. The van der Waals surface area contributed by atoms with E-state index in [4.69, 9.17) is 19.3 Å². The molecule has 8 amide bonds. The highest BCUT2D eigenvalue weighted by Gasteiger charge is 2.20. The third-order valence-corrected chi connectivity index (χ3v) is 21.2. The van der Waals surface area contributed by atoms with Gasteiger partial charge in [-0.05, 0) is 227 Å². The maximum Gasteiger partial charge on any atom is 0.411 e. The zero-order valence-corrected chi connectivity index (χ0v) is 77.9. The number of ether oxygens (including phenoxy) is 3. The number of primary sulfonamides is 1. The van der Waals surface area contributed by atoms with Gasteiger partial charge in [-0.25, -0.2) is 36.4 Å². The lowest BCUT2D eigenvalue weighted by Gasteiger charge is -2.19. The number of ketones is 1. The van der Waals surface area contributed by atoms with Crippen LogP contribution in [0.15, 0.2) is 246 Å². The molecule has 0 radical (unpaired) electrons.